The Bertz CT molecular complexity index is 595. The number of rotatable bonds is 3. The van der Waals surface area contributed by atoms with Crippen molar-refractivity contribution in [2.45, 2.75) is 19.3 Å². The molecule has 3 rings (SSSR count). The van der Waals surface area contributed by atoms with Crippen molar-refractivity contribution >= 4 is 22.5 Å². The van der Waals surface area contributed by atoms with E-state index in [9.17, 15) is 4.79 Å². The van der Waals surface area contributed by atoms with E-state index < -0.39 is 5.76 Å². The molecule has 5 nitrogen and oxygen atoms in total. The fraction of sp³-hybridized carbons (Fsp3) is 0.417. The van der Waals surface area contributed by atoms with Gasteiger partial charge >= 0.3 is 5.76 Å². The fourth-order valence-corrected chi connectivity index (χ4v) is 2.12. The van der Waals surface area contributed by atoms with E-state index in [1.165, 1.54) is 19.3 Å². The topological polar surface area (TPSA) is 84.0 Å². The molecule has 1 aliphatic carbocycles. The molecule has 1 aliphatic rings. The Morgan fingerprint density at radius 1 is 1.47 bits per heavy atom. The maximum absolute atomic E-state index is 11.0. The molecule has 90 valence electrons. The highest BCUT2D eigenvalue weighted by atomic mass is 16.4. The molecule has 1 aromatic carbocycles. The molecule has 1 fully saturated rings. The standard InChI is InChI=1S/C12H15N3O2/c13-8-4-11-10(15-12(16)17-11)5-9(8)14-6-7-2-1-3-7/h4-5,7,14H,1-3,6,13H2,(H,15,16). The Balaban J connectivity index is 1.86. The molecule has 17 heavy (non-hydrogen) atoms. The predicted molar refractivity (Wildman–Crippen MR) is 67.1 cm³/mol. The summed E-state index contributed by atoms with van der Waals surface area (Å²) in [5.41, 5.74) is 8.56. The first-order chi connectivity index (χ1) is 8.22. The molecular weight excluding hydrogens is 218 g/mol. The number of benzene rings is 1. The van der Waals surface area contributed by atoms with Crippen molar-refractivity contribution in [3.8, 4) is 0 Å². The highest BCUT2D eigenvalue weighted by Gasteiger charge is 2.17. The Kier molecular flexibility index (Phi) is 2.31. The monoisotopic (exact) mass is 233 g/mol. The fourth-order valence-electron chi connectivity index (χ4n) is 2.12. The van der Waals surface area contributed by atoms with Gasteiger partial charge < -0.3 is 15.5 Å². The summed E-state index contributed by atoms with van der Waals surface area (Å²) in [7, 11) is 0. The minimum absolute atomic E-state index is 0.449. The van der Waals surface area contributed by atoms with Crippen molar-refractivity contribution in [3.05, 3.63) is 22.7 Å². The first kappa shape index (κ1) is 10.3. The van der Waals surface area contributed by atoms with Crippen LogP contribution in [0.3, 0.4) is 0 Å². The summed E-state index contributed by atoms with van der Waals surface area (Å²) in [5, 5.41) is 3.33. The number of hydrogen-bond donors (Lipinski definition) is 3. The number of oxazole rings is 1. The van der Waals surface area contributed by atoms with Gasteiger partial charge in [0.15, 0.2) is 5.58 Å². The Hall–Kier alpha value is -1.91. The van der Waals surface area contributed by atoms with E-state index in [0.29, 0.717) is 16.8 Å². The third-order valence-corrected chi connectivity index (χ3v) is 3.40. The van der Waals surface area contributed by atoms with Crippen LogP contribution in [0.4, 0.5) is 11.4 Å². The van der Waals surface area contributed by atoms with Crippen molar-refractivity contribution in [1.82, 2.24) is 4.98 Å². The van der Waals surface area contributed by atoms with Gasteiger partial charge in [-0.05, 0) is 24.8 Å². The maximum Gasteiger partial charge on any atom is 0.417 e. The van der Waals surface area contributed by atoms with E-state index >= 15 is 0 Å². The van der Waals surface area contributed by atoms with Gasteiger partial charge in [-0.1, -0.05) is 6.42 Å². The van der Waals surface area contributed by atoms with Crippen molar-refractivity contribution < 1.29 is 4.42 Å². The summed E-state index contributed by atoms with van der Waals surface area (Å²) in [5.74, 6) is 0.309. The molecule has 0 aliphatic heterocycles. The summed E-state index contributed by atoms with van der Waals surface area (Å²) < 4.78 is 4.94. The first-order valence-electron chi connectivity index (χ1n) is 5.88. The van der Waals surface area contributed by atoms with E-state index in [-0.39, 0.29) is 0 Å². The van der Waals surface area contributed by atoms with Gasteiger partial charge in [0.05, 0.1) is 16.9 Å². The number of nitrogen functional groups attached to an aromatic ring is 1. The second-order valence-corrected chi connectivity index (χ2v) is 4.63. The number of fused-ring (bicyclic) bond motifs is 1. The number of nitrogens with two attached hydrogens (primary N) is 1. The van der Waals surface area contributed by atoms with Gasteiger partial charge in [-0.3, -0.25) is 4.98 Å². The number of aromatic amines is 1. The number of anilines is 2. The summed E-state index contributed by atoms with van der Waals surface area (Å²) >= 11 is 0. The molecule has 0 radical (unpaired) electrons. The number of H-pyrrole nitrogens is 1. The number of hydrogen-bond acceptors (Lipinski definition) is 4. The van der Waals surface area contributed by atoms with Crippen LogP contribution >= 0.6 is 0 Å². The quantitative estimate of drug-likeness (QED) is 0.707. The van der Waals surface area contributed by atoms with E-state index in [1.54, 1.807) is 6.07 Å². The van der Waals surface area contributed by atoms with Gasteiger partial charge in [0.1, 0.15) is 0 Å². The number of aromatic nitrogens is 1. The van der Waals surface area contributed by atoms with Crippen LogP contribution in [0.15, 0.2) is 21.3 Å². The zero-order valence-corrected chi connectivity index (χ0v) is 9.45. The van der Waals surface area contributed by atoms with Gasteiger partial charge in [-0.25, -0.2) is 4.79 Å². The van der Waals surface area contributed by atoms with Crippen molar-refractivity contribution in [3.63, 3.8) is 0 Å². The lowest BCUT2D eigenvalue weighted by atomic mass is 9.85. The lowest BCUT2D eigenvalue weighted by Gasteiger charge is -2.26. The van der Waals surface area contributed by atoms with Crippen LogP contribution in [0.25, 0.3) is 11.1 Å². The molecule has 0 atom stereocenters. The van der Waals surface area contributed by atoms with Crippen LogP contribution in [0.2, 0.25) is 0 Å². The van der Waals surface area contributed by atoms with Crippen LogP contribution in [0, 0.1) is 5.92 Å². The third kappa shape index (κ3) is 1.88. The normalized spacial score (nSPS) is 16.0. The molecule has 4 N–H and O–H groups in total. The van der Waals surface area contributed by atoms with Crippen molar-refractivity contribution in [2.24, 2.45) is 5.92 Å². The van der Waals surface area contributed by atoms with Gasteiger partial charge in [-0.15, -0.1) is 0 Å². The lowest BCUT2D eigenvalue weighted by molar-refractivity contribution is 0.333. The molecule has 0 spiro atoms. The van der Waals surface area contributed by atoms with Gasteiger partial charge in [0, 0.05) is 12.6 Å². The van der Waals surface area contributed by atoms with Crippen LogP contribution in [0.1, 0.15) is 19.3 Å². The van der Waals surface area contributed by atoms with E-state index in [2.05, 4.69) is 10.3 Å². The predicted octanol–water partition coefficient (Wildman–Crippen LogP) is 1.92. The Labute approximate surface area is 98.0 Å². The summed E-state index contributed by atoms with van der Waals surface area (Å²) in [4.78, 5) is 13.7. The molecule has 1 heterocycles. The van der Waals surface area contributed by atoms with E-state index in [4.69, 9.17) is 10.2 Å². The molecule has 0 saturated heterocycles. The second kappa shape index (κ2) is 3.84. The van der Waals surface area contributed by atoms with E-state index in [1.807, 2.05) is 6.07 Å². The van der Waals surface area contributed by atoms with Crippen LogP contribution < -0.4 is 16.8 Å². The van der Waals surface area contributed by atoms with Crippen LogP contribution in [-0.2, 0) is 0 Å². The highest BCUT2D eigenvalue weighted by molar-refractivity contribution is 5.85. The van der Waals surface area contributed by atoms with Gasteiger partial charge in [0.2, 0.25) is 0 Å². The summed E-state index contributed by atoms with van der Waals surface area (Å²) in [6.45, 7) is 0.942. The van der Waals surface area contributed by atoms with Crippen LogP contribution in [-0.4, -0.2) is 11.5 Å². The highest BCUT2D eigenvalue weighted by Crippen LogP contribution is 2.29. The van der Waals surface area contributed by atoms with Crippen molar-refractivity contribution in [1.29, 1.82) is 0 Å². The zero-order chi connectivity index (χ0) is 11.8. The SMILES string of the molecule is Nc1cc2oc(=O)[nH]c2cc1NCC1CCC1. The minimum Gasteiger partial charge on any atom is -0.408 e. The van der Waals surface area contributed by atoms with E-state index in [0.717, 1.165) is 18.2 Å². The average molecular weight is 233 g/mol. The minimum atomic E-state index is -0.449. The average Bonchev–Trinajstić information content (AvgIpc) is 2.55. The van der Waals surface area contributed by atoms with Crippen LogP contribution in [0.5, 0.6) is 0 Å². The molecule has 0 bridgehead atoms. The molecule has 0 unspecified atom stereocenters. The number of nitrogens with one attached hydrogen (secondary N) is 2. The molecule has 1 aromatic heterocycles. The molecule has 5 heteroatoms. The van der Waals surface area contributed by atoms with Crippen molar-refractivity contribution in [2.75, 3.05) is 17.6 Å². The first-order valence-corrected chi connectivity index (χ1v) is 5.88. The smallest absolute Gasteiger partial charge is 0.408 e. The Morgan fingerprint density at radius 3 is 3.00 bits per heavy atom. The molecule has 2 aromatic rings. The summed E-state index contributed by atoms with van der Waals surface area (Å²) in [6, 6.07) is 3.50. The Morgan fingerprint density at radius 2 is 2.29 bits per heavy atom. The van der Waals surface area contributed by atoms with Gasteiger partial charge in [-0.2, -0.15) is 0 Å². The molecule has 1 saturated carbocycles. The maximum atomic E-state index is 11.0. The largest absolute Gasteiger partial charge is 0.417 e. The zero-order valence-electron chi connectivity index (χ0n) is 9.45. The van der Waals surface area contributed by atoms with Gasteiger partial charge in [0.25, 0.3) is 0 Å². The second-order valence-electron chi connectivity index (χ2n) is 4.63. The lowest BCUT2D eigenvalue weighted by Crippen LogP contribution is -2.21. The summed E-state index contributed by atoms with van der Waals surface area (Å²) in [6.07, 6.45) is 3.91. The molecule has 0 amide bonds. The third-order valence-electron chi connectivity index (χ3n) is 3.40. The molecular formula is C12H15N3O2.